The highest BCUT2D eigenvalue weighted by Gasteiger charge is 2.58. The van der Waals surface area contributed by atoms with E-state index in [0.717, 1.165) is 61.7 Å². The van der Waals surface area contributed by atoms with Gasteiger partial charge in [-0.1, -0.05) is 12.1 Å². The molecule has 0 spiro atoms. The molecule has 1 aromatic rings. The lowest BCUT2D eigenvalue weighted by Gasteiger charge is -2.60. The maximum absolute atomic E-state index is 13.4. The Morgan fingerprint density at radius 1 is 1.12 bits per heavy atom. The molecular formula is C23H30F3NO4S. The lowest BCUT2D eigenvalue weighted by atomic mass is 9.46. The fourth-order valence-corrected chi connectivity index (χ4v) is 8.42. The first-order valence-corrected chi connectivity index (χ1v) is 12.4. The minimum atomic E-state index is -4.84. The van der Waals surface area contributed by atoms with Gasteiger partial charge in [-0.2, -0.15) is 17.5 Å². The summed E-state index contributed by atoms with van der Waals surface area (Å²) in [7, 11) is -3.43. The highest BCUT2D eigenvalue weighted by molar-refractivity contribution is 7.89. The van der Waals surface area contributed by atoms with Crippen molar-refractivity contribution in [2.24, 2.45) is 17.3 Å². The van der Waals surface area contributed by atoms with Gasteiger partial charge in [0.1, 0.15) is 0 Å². The minimum Gasteiger partial charge on any atom is -0.390 e. The second kappa shape index (κ2) is 7.27. The topological polar surface area (TPSA) is 74.7 Å². The Balaban J connectivity index is 1.60. The van der Waals surface area contributed by atoms with Crippen molar-refractivity contribution in [3.63, 3.8) is 0 Å². The van der Waals surface area contributed by atoms with Crippen LogP contribution in [0.3, 0.4) is 0 Å². The van der Waals surface area contributed by atoms with Crippen molar-refractivity contribution in [3.8, 4) is 0 Å². The number of ketones is 1. The molecular weight excluding hydrogens is 443 g/mol. The number of aliphatic hydroxyl groups is 1. The molecule has 0 heterocycles. The molecule has 0 radical (unpaired) electrons. The number of nitrogens with zero attached hydrogens (tertiary/aromatic N) is 1. The van der Waals surface area contributed by atoms with Gasteiger partial charge in [0.2, 0.25) is 10.0 Å². The van der Waals surface area contributed by atoms with Gasteiger partial charge in [-0.15, -0.1) is 0 Å². The van der Waals surface area contributed by atoms with E-state index >= 15 is 0 Å². The summed E-state index contributed by atoms with van der Waals surface area (Å²) >= 11 is 0. The Morgan fingerprint density at radius 2 is 1.69 bits per heavy atom. The van der Waals surface area contributed by atoms with Gasteiger partial charge >= 0.3 is 6.18 Å². The van der Waals surface area contributed by atoms with Crippen LogP contribution < -0.4 is 0 Å². The van der Waals surface area contributed by atoms with Gasteiger partial charge in [0.25, 0.3) is 0 Å². The van der Waals surface area contributed by atoms with Crippen LogP contribution >= 0.6 is 0 Å². The van der Waals surface area contributed by atoms with Crippen molar-refractivity contribution < 1.29 is 31.5 Å². The molecule has 32 heavy (non-hydrogen) atoms. The predicted octanol–water partition coefficient (Wildman–Crippen LogP) is 4.40. The predicted molar refractivity (Wildman–Crippen MR) is 112 cm³/mol. The summed E-state index contributed by atoms with van der Waals surface area (Å²) in [5.41, 5.74) is -3.90. The van der Waals surface area contributed by atoms with E-state index in [2.05, 4.69) is 0 Å². The fourth-order valence-electron chi connectivity index (χ4n) is 6.71. The molecule has 4 bridgehead atoms. The zero-order chi connectivity index (χ0) is 23.7. The summed E-state index contributed by atoms with van der Waals surface area (Å²) in [6.45, 7) is 2.89. The number of hydrogen-bond acceptors (Lipinski definition) is 4. The number of carbonyl (C=O) groups excluding carboxylic acids is 1. The molecule has 2 atom stereocenters. The maximum Gasteiger partial charge on any atom is 0.417 e. The third-order valence-electron chi connectivity index (χ3n) is 7.99. The molecule has 0 saturated heterocycles. The molecule has 0 aromatic heterocycles. The van der Waals surface area contributed by atoms with Crippen LogP contribution in [0.2, 0.25) is 0 Å². The van der Waals surface area contributed by atoms with E-state index in [4.69, 9.17) is 0 Å². The van der Waals surface area contributed by atoms with E-state index < -0.39 is 37.8 Å². The van der Waals surface area contributed by atoms with Gasteiger partial charge in [-0.3, -0.25) is 4.79 Å². The molecule has 1 N–H and O–H groups in total. The Hall–Kier alpha value is -1.45. The third-order valence-corrected chi connectivity index (χ3v) is 10.1. The summed E-state index contributed by atoms with van der Waals surface area (Å²) in [6, 6.07) is 4.02. The number of sulfonamides is 1. The van der Waals surface area contributed by atoms with Crippen molar-refractivity contribution >= 4 is 15.8 Å². The number of likely N-dealkylation sites (N-methyl/N-ethyl adjacent to an activating group) is 1. The number of hydrogen-bond donors (Lipinski definition) is 1. The number of benzene rings is 1. The molecule has 178 valence electrons. The van der Waals surface area contributed by atoms with Gasteiger partial charge in [-0.25, -0.2) is 8.42 Å². The van der Waals surface area contributed by atoms with Crippen molar-refractivity contribution in [2.75, 3.05) is 7.05 Å². The van der Waals surface area contributed by atoms with Gasteiger partial charge in [0.15, 0.2) is 5.78 Å². The van der Waals surface area contributed by atoms with Crippen LogP contribution in [0.5, 0.6) is 0 Å². The second-order valence-electron chi connectivity index (χ2n) is 10.8. The molecule has 9 heteroatoms. The van der Waals surface area contributed by atoms with E-state index in [0.29, 0.717) is 18.3 Å². The van der Waals surface area contributed by atoms with Gasteiger partial charge in [0.05, 0.1) is 21.6 Å². The Labute approximate surface area is 187 Å². The summed E-state index contributed by atoms with van der Waals surface area (Å²) in [4.78, 5) is 12.6. The van der Waals surface area contributed by atoms with Crippen LogP contribution in [0.1, 0.15) is 64.4 Å². The summed E-state index contributed by atoms with van der Waals surface area (Å²) in [6.07, 6.45) is 0.0500. The Kier molecular flexibility index (Phi) is 5.39. The minimum absolute atomic E-state index is 0.121. The van der Waals surface area contributed by atoms with Crippen molar-refractivity contribution in [2.45, 2.75) is 81.0 Å². The number of alkyl halides is 3. The monoisotopic (exact) mass is 473 g/mol. The lowest BCUT2D eigenvalue weighted by molar-refractivity contribution is -0.170. The zero-order valence-corrected chi connectivity index (χ0v) is 19.4. The SMILES string of the molecule is CN(C(C)(C)C(=O)CC12CC3CC(CC(O)(C3)C1)C2)S(=O)(=O)c1ccccc1C(F)(F)F. The van der Waals surface area contributed by atoms with E-state index in [1.807, 2.05) is 0 Å². The Bertz CT molecular complexity index is 1020. The van der Waals surface area contributed by atoms with Crippen LogP contribution in [0.25, 0.3) is 0 Å². The summed E-state index contributed by atoms with van der Waals surface area (Å²) in [5.74, 6) is 0.410. The molecule has 1 aromatic carbocycles. The second-order valence-corrected chi connectivity index (χ2v) is 12.7. The maximum atomic E-state index is 13.4. The van der Waals surface area contributed by atoms with E-state index in [9.17, 15) is 31.5 Å². The molecule has 4 saturated carbocycles. The number of rotatable bonds is 6. The van der Waals surface area contributed by atoms with Crippen molar-refractivity contribution in [1.29, 1.82) is 0 Å². The van der Waals surface area contributed by atoms with Crippen LogP contribution in [-0.2, 0) is 21.0 Å². The molecule has 2 unspecified atom stereocenters. The first-order valence-electron chi connectivity index (χ1n) is 11.0. The lowest BCUT2D eigenvalue weighted by Crippen LogP contribution is -2.58. The van der Waals surface area contributed by atoms with Crippen molar-refractivity contribution in [3.05, 3.63) is 29.8 Å². The molecule has 0 aliphatic heterocycles. The van der Waals surface area contributed by atoms with Gasteiger partial charge < -0.3 is 5.11 Å². The van der Waals surface area contributed by atoms with Crippen LogP contribution in [-0.4, -0.2) is 41.8 Å². The van der Waals surface area contributed by atoms with E-state index in [-0.39, 0.29) is 17.6 Å². The fraction of sp³-hybridized carbons (Fsp3) is 0.696. The molecule has 4 fully saturated rings. The van der Waals surface area contributed by atoms with Crippen molar-refractivity contribution in [1.82, 2.24) is 4.31 Å². The average molecular weight is 474 g/mol. The first kappa shape index (κ1) is 23.7. The highest BCUT2D eigenvalue weighted by atomic mass is 32.2. The molecule has 4 aliphatic rings. The summed E-state index contributed by atoms with van der Waals surface area (Å²) in [5, 5.41) is 11.0. The first-order chi connectivity index (χ1) is 14.6. The average Bonchev–Trinajstić information content (AvgIpc) is 2.64. The number of halogens is 3. The molecule has 5 nitrogen and oxygen atoms in total. The zero-order valence-electron chi connectivity index (χ0n) is 18.6. The third kappa shape index (κ3) is 3.90. The van der Waals surface area contributed by atoms with E-state index in [1.54, 1.807) is 0 Å². The van der Waals surface area contributed by atoms with Crippen LogP contribution in [0, 0.1) is 17.3 Å². The number of Topliss-reactive ketones (excluding diaryl/α,β-unsaturated/α-hetero) is 1. The molecule has 4 aliphatic carbocycles. The Morgan fingerprint density at radius 3 is 2.22 bits per heavy atom. The normalized spacial score (nSPS) is 32.5. The smallest absolute Gasteiger partial charge is 0.390 e. The quantitative estimate of drug-likeness (QED) is 0.665. The molecule has 5 rings (SSSR count). The number of carbonyl (C=O) groups is 1. The van der Waals surface area contributed by atoms with Gasteiger partial charge in [-0.05, 0) is 81.8 Å². The standard InChI is InChI=1S/C23H30F3NO4S/c1-20(2,27(3)32(30,31)18-7-5-4-6-17(18)23(24,25)26)19(28)13-21-9-15-8-16(10-21)12-22(29,11-15)14-21/h4-7,15-16,29H,8-14H2,1-3H3. The molecule has 0 amide bonds. The van der Waals surface area contributed by atoms with Gasteiger partial charge in [0, 0.05) is 13.5 Å². The largest absolute Gasteiger partial charge is 0.417 e. The van der Waals surface area contributed by atoms with Crippen LogP contribution in [0.4, 0.5) is 13.2 Å². The highest BCUT2D eigenvalue weighted by Crippen LogP contribution is 2.63. The van der Waals surface area contributed by atoms with E-state index in [1.165, 1.54) is 19.9 Å². The summed E-state index contributed by atoms with van der Waals surface area (Å²) < 4.78 is 67.5. The van der Waals surface area contributed by atoms with Crippen LogP contribution in [0.15, 0.2) is 29.2 Å².